The first kappa shape index (κ1) is 9.37. The van der Waals surface area contributed by atoms with Crippen molar-refractivity contribution in [2.24, 2.45) is 5.92 Å². The molecule has 80 valence electrons. The molecule has 3 atom stereocenters. The summed E-state index contributed by atoms with van der Waals surface area (Å²) in [6.45, 7) is 2.97. The lowest BCUT2D eigenvalue weighted by Crippen LogP contribution is -2.35. The van der Waals surface area contributed by atoms with Crippen LogP contribution in [-0.4, -0.2) is 25.8 Å². The van der Waals surface area contributed by atoms with Crippen LogP contribution in [0.1, 0.15) is 17.9 Å². The molecule has 3 rings (SSSR count). The highest BCUT2D eigenvalue weighted by molar-refractivity contribution is 5.23. The summed E-state index contributed by atoms with van der Waals surface area (Å²) in [5.74, 6) is 1.33. The van der Waals surface area contributed by atoms with Gasteiger partial charge in [0, 0.05) is 31.0 Å². The normalized spacial score (nSPS) is 35.1. The number of ether oxygens (including phenoxy) is 1. The zero-order chi connectivity index (χ0) is 10.1. The lowest BCUT2D eigenvalue weighted by Gasteiger charge is -2.28. The lowest BCUT2D eigenvalue weighted by molar-refractivity contribution is 0.0427. The molecule has 0 radical (unpaired) electrons. The minimum atomic E-state index is 0.650. The highest BCUT2D eigenvalue weighted by atomic mass is 16.5. The predicted molar refractivity (Wildman–Crippen MR) is 59.9 cm³/mol. The quantitative estimate of drug-likeness (QED) is 0.751. The van der Waals surface area contributed by atoms with Crippen molar-refractivity contribution in [2.75, 3.05) is 19.8 Å². The molecule has 1 aromatic rings. The van der Waals surface area contributed by atoms with E-state index in [1.165, 1.54) is 12.0 Å². The molecule has 2 nitrogen and oxygen atoms in total. The number of fused-ring (bicyclic) bond motifs is 1. The predicted octanol–water partition coefficient (Wildman–Crippen LogP) is 1.78. The fraction of sp³-hybridized carbons (Fsp3) is 0.538. The first-order valence-electron chi connectivity index (χ1n) is 5.81. The van der Waals surface area contributed by atoms with E-state index in [2.05, 4.69) is 35.6 Å². The summed E-state index contributed by atoms with van der Waals surface area (Å²) in [7, 11) is 0. The van der Waals surface area contributed by atoms with Gasteiger partial charge in [0.15, 0.2) is 0 Å². The summed E-state index contributed by atoms with van der Waals surface area (Å²) < 4.78 is 5.60. The molecule has 2 unspecified atom stereocenters. The summed E-state index contributed by atoms with van der Waals surface area (Å²) in [5, 5.41) is 3.63. The maximum absolute atomic E-state index is 5.60. The van der Waals surface area contributed by atoms with Crippen LogP contribution in [0.15, 0.2) is 30.3 Å². The van der Waals surface area contributed by atoms with Crippen LogP contribution in [0.2, 0.25) is 0 Å². The zero-order valence-corrected chi connectivity index (χ0v) is 8.86. The van der Waals surface area contributed by atoms with Crippen LogP contribution in [-0.2, 0) is 4.74 Å². The first-order chi connectivity index (χ1) is 7.45. The Hall–Kier alpha value is -0.860. The highest BCUT2D eigenvalue weighted by Gasteiger charge is 2.38. The summed E-state index contributed by atoms with van der Waals surface area (Å²) in [4.78, 5) is 0. The van der Waals surface area contributed by atoms with E-state index in [1.54, 1.807) is 0 Å². The molecule has 0 saturated carbocycles. The Kier molecular flexibility index (Phi) is 2.47. The maximum Gasteiger partial charge on any atom is 0.0515 e. The Morgan fingerprint density at radius 2 is 2.07 bits per heavy atom. The van der Waals surface area contributed by atoms with Gasteiger partial charge in [0.25, 0.3) is 0 Å². The highest BCUT2D eigenvalue weighted by Crippen LogP contribution is 2.35. The molecule has 2 fully saturated rings. The SMILES string of the molecule is c1ccc([C@H]2CNC3CCOCC32)cc1. The molecule has 15 heavy (non-hydrogen) atoms. The van der Waals surface area contributed by atoms with E-state index in [0.717, 1.165) is 19.8 Å². The standard InChI is InChI=1S/C13H17NO/c1-2-4-10(5-3-1)11-8-14-13-6-7-15-9-12(11)13/h1-5,11-14H,6-9H2/t11-,12?,13?/m1/s1. The van der Waals surface area contributed by atoms with Crippen LogP contribution in [0.4, 0.5) is 0 Å². The second-order valence-electron chi connectivity index (χ2n) is 4.56. The van der Waals surface area contributed by atoms with E-state index in [4.69, 9.17) is 4.74 Å². The molecule has 0 bridgehead atoms. The molecule has 2 aliphatic heterocycles. The van der Waals surface area contributed by atoms with Gasteiger partial charge in [-0.2, -0.15) is 0 Å². The lowest BCUT2D eigenvalue weighted by atomic mass is 9.84. The molecule has 0 spiro atoms. The number of hydrogen-bond acceptors (Lipinski definition) is 2. The van der Waals surface area contributed by atoms with Crippen molar-refractivity contribution in [3.63, 3.8) is 0 Å². The van der Waals surface area contributed by atoms with E-state index >= 15 is 0 Å². The monoisotopic (exact) mass is 203 g/mol. The average Bonchev–Trinajstić information content (AvgIpc) is 2.74. The number of rotatable bonds is 1. The van der Waals surface area contributed by atoms with Crippen molar-refractivity contribution in [3.05, 3.63) is 35.9 Å². The van der Waals surface area contributed by atoms with Crippen molar-refractivity contribution in [1.29, 1.82) is 0 Å². The Labute approximate surface area is 90.6 Å². The van der Waals surface area contributed by atoms with Crippen molar-refractivity contribution in [1.82, 2.24) is 5.32 Å². The van der Waals surface area contributed by atoms with Crippen LogP contribution in [0.5, 0.6) is 0 Å². The van der Waals surface area contributed by atoms with Crippen molar-refractivity contribution >= 4 is 0 Å². The smallest absolute Gasteiger partial charge is 0.0515 e. The summed E-state index contributed by atoms with van der Waals surface area (Å²) in [6.07, 6.45) is 1.17. The van der Waals surface area contributed by atoms with Crippen LogP contribution < -0.4 is 5.32 Å². The van der Waals surface area contributed by atoms with E-state index in [-0.39, 0.29) is 0 Å². The van der Waals surface area contributed by atoms with Crippen LogP contribution in [0.3, 0.4) is 0 Å². The van der Waals surface area contributed by atoms with Gasteiger partial charge in [-0.1, -0.05) is 30.3 Å². The average molecular weight is 203 g/mol. The zero-order valence-electron chi connectivity index (χ0n) is 8.86. The van der Waals surface area contributed by atoms with Gasteiger partial charge in [-0.05, 0) is 12.0 Å². The van der Waals surface area contributed by atoms with Gasteiger partial charge in [-0.3, -0.25) is 0 Å². The van der Waals surface area contributed by atoms with Crippen LogP contribution >= 0.6 is 0 Å². The van der Waals surface area contributed by atoms with Gasteiger partial charge in [0.05, 0.1) is 6.61 Å². The molecule has 2 heteroatoms. The Morgan fingerprint density at radius 3 is 2.93 bits per heavy atom. The van der Waals surface area contributed by atoms with Crippen molar-refractivity contribution in [2.45, 2.75) is 18.4 Å². The number of nitrogens with one attached hydrogen (secondary N) is 1. The van der Waals surface area contributed by atoms with E-state index in [0.29, 0.717) is 17.9 Å². The van der Waals surface area contributed by atoms with E-state index in [9.17, 15) is 0 Å². The third kappa shape index (κ3) is 1.68. The Bertz CT molecular complexity index is 325. The van der Waals surface area contributed by atoms with Crippen LogP contribution in [0.25, 0.3) is 0 Å². The van der Waals surface area contributed by atoms with Crippen molar-refractivity contribution in [3.8, 4) is 0 Å². The third-order valence-corrected chi connectivity index (χ3v) is 3.74. The second kappa shape index (κ2) is 3.95. The van der Waals surface area contributed by atoms with Gasteiger partial charge in [-0.25, -0.2) is 0 Å². The molecule has 0 aliphatic carbocycles. The first-order valence-corrected chi connectivity index (χ1v) is 5.81. The third-order valence-electron chi connectivity index (χ3n) is 3.74. The number of benzene rings is 1. The molecule has 1 N–H and O–H groups in total. The molecule has 1 aromatic carbocycles. The Morgan fingerprint density at radius 1 is 1.20 bits per heavy atom. The molecular formula is C13H17NO. The molecule has 2 aliphatic rings. The van der Waals surface area contributed by atoms with Gasteiger partial charge >= 0.3 is 0 Å². The van der Waals surface area contributed by atoms with Gasteiger partial charge in [-0.15, -0.1) is 0 Å². The Balaban J connectivity index is 1.82. The molecule has 0 aromatic heterocycles. The fourth-order valence-electron chi connectivity index (χ4n) is 2.90. The minimum absolute atomic E-state index is 0.650. The molecular weight excluding hydrogens is 186 g/mol. The molecule has 2 heterocycles. The second-order valence-corrected chi connectivity index (χ2v) is 4.56. The van der Waals surface area contributed by atoms with E-state index in [1.807, 2.05) is 0 Å². The fourth-order valence-corrected chi connectivity index (χ4v) is 2.90. The van der Waals surface area contributed by atoms with Crippen LogP contribution in [0, 0.1) is 5.92 Å². The summed E-state index contributed by atoms with van der Waals surface area (Å²) in [6, 6.07) is 11.5. The minimum Gasteiger partial charge on any atom is -0.381 e. The van der Waals surface area contributed by atoms with E-state index < -0.39 is 0 Å². The van der Waals surface area contributed by atoms with Gasteiger partial charge in [0.1, 0.15) is 0 Å². The summed E-state index contributed by atoms with van der Waals surface area (Å²) in [5.41, 5.74) is 1.46. The summed E-state index contributed by atoms with van der Waals surface area (Å²) >= 11 is 0. The maximum atomic E-state index is 5.60. The number of hydrogen-bond donors (Lipinski definition) is 1. The van der Waals surface area contributed by atoms with Crippen molar-refractivity contribution < 1.29 is 4.74 Å². The molecule has 0 amide bonds. The van der Waals surface area contributed by atoms with Gasteiger partial charge in [0.2, 0.25) is 0 Å². The largest absolute Gasteiger partial charge is 0.381 e. The topological polar surface area (TPSA) is 21.3 Å². The molecule has 2 saturated heterocycles. The van der Waals surface area contributed by atoms with Gasteiger partial charge < -0.3 is 10.1 Å².